The first-order valence-electron chi connectivity index (χ1n) is 7.67. The van der Waals surface area contributed by atoms with Gasteiger partial charge in [0.1, 0.15) is 11.5 Å². The molecule has 3 rings (SSSR count). The fourth-order valence-electron chi connectivity index (χ4n) is 2.38. The third kappa shape index (κ3) is 4.72. The molecule has 1 amide bonds. The summed E-state index contributed by atoms with van der Waals surface area (Å²) in [6.45, 7) is 3.83. The lowest BCUT2D eigenvalue weighted by Gasteiger charge is -2.31. The van der Waals surface area contributed by atoms with Gasteiger partial charge in [-0.05, 0) is 67.5 Å². The van der Waals surface area contributed by atoms with Gasteiger partial charge in [-0.25, -0.2) is 0 Å². The van der Waals surface area contributed by atoms with E-state index in [-0.39, 0.29) is 24.2 Å². The molecule has 6 heteroatoms. The molecule has 1 saturated heterocycles. The molecule has 1 aliphatic heterocycles. The molecule has 1 aliphatic rings. The Hall–Kier alpha value is -1.56. The zero-order valence-electron chi connectivity index (χ0n) is 13.3. The monoisotopic (exact) mass is 410 g/mol. The van der Waals surface area contributed by atoms with Gasteiger partial charge < -0.3 is 15.4 Å². The van der Waals surface area contributed by atoms with Crippen LogP contribution in [-0.4, -0.2) is 19.0 Å². The van der Waals surface area contributed by atoms with Crippen LogP contribution in [0.2, 0.25) is 0 Å². The second-order valence-corrected chi connectivity index (χ2v) is 6.69. The van der Waals surface area contributed by atoms with Crippen molar-refractivity contribution in [3.63, 3.8) is 0 Å². The molecule has 0 radical (unpaired) electrons. The minimum absolute atomic E-state index is 0. The number of anilines is 1. The number of nitrogens with one attached hydrogen (secondary N) is 2. The summed E-state index contributed by atoms with van der Waals surface area (Å²) in [5, 5.41) is 6.16. The van der Waals surface area contributed by atoms with Crippen LogP contribution >= 0.6 is 28.3 Å². The Bertz CT molecular complexity index is 672. The van der Waals surface area contributed by atoms with Crippen molar-refractivity contribution in [2.45, 2.75) is 6.92 Å². The second-order valence-electron chi connectivity index (χ2n) is 5.78. The van der Waals surface area contributed by atoms with Crippen molar-refractivity contribution in [3.8, 4) is 11.5 Å². The molecule has 2 N–H and O–H groups in total. The topological polar surface area (TPSA) is 50.4 Å². The van der Waals surface area contributed by atoms with Crippen LogP contribution < -0.4 is 15.4 Å². The second kappa shape index (κ2) is 8.51. The van der Waals surface area contributed by atoms with E-state index in [9.17, 15) is 4.79 Å². The number of benzene rings is 2. The fourth-order valence-corrected chi connectivity index (χ4v) is 2.64. The lowest BCUT2D eigenvalue weighted by Crippen LogP contribution is -2.48. The van der Waals surface area contributed by atoms with Gasteiger partial charge in [0.15, 0.2) is 0 Å². The molecule has 0 saturated carbocycles. The summed E-state index contributed by atoms with van der Waals surface area (Å²) in [5.74, 6) is 2.04. The minimum atomic E-state index is 0. The molecule has 1 atom stereocenters. The Kier molecular flexibility index (Phi) is 6.66. The molecule has 2 aromatic rings. The lowest BCUT2D eigenvalue weighted by atomic mass is 9.88. The van der Waals surface area contributed by atoms with E-state index < -0.39 is 0 Å². The van der Waals surface area contributed by atoms with Gasteiger partial charge in [0.25, 0.3) is 0 Å². The van der Waals surface area contributed by atoms with Crippen molar-refractivity contribution in [2.75, 3.05) is 18.4 Å². The average molecular weight is 412 g/mol. The predicted molar refractivity (Wildman–Crippen MR) is 102 cm³/mol. The van der Waals surface area contributed by atoms with Crippen LogP contribution in [0.25, 0.3) is 0 Å². The molecule has 4 nitrogen and oxygen atoms in total. The first-order chi connectivity index (χ1) is 11.1. The largest absolute Gasteiger partial charge is 0.457 e. The molecule has 1 heterocycles. The summed E-state index contributed by atoms with van der Waals surface area (Å²) < 4.78 is 6.78. The number of amides is 1. The van der Waals surface area contributed by atoms with E-state index in [1.54, 1.807) is 0 Å². The summed E-state index contributed by atoms with van der Waals surface area (Å²) in [5.41, 5.74) is 0.789. The zero-order chi connectivity index (χ0) is 16.2. The van der Waals surface area contributed by atoms with Crippen LogP contribution in [0.1, 0.15) is 6.92 Å². The first-order valence-corrected chi connectivity index (χ1v) is 8.46. The van der Waals surface area contributed by atoms with Crippen LogP contribution in [0.4, 0.5) is 5.69 Å². The molecular weight excluding hydrogens is 392 g/mol. The number of carbonyl (C=O) groups is 1. The van der Waals surface area contributed by atoms with Gasteiger partial charge >= 0.3 is 0 Å². The average Bonchev–Trinajstić information content (AvgIpc) is 2.50. The summed E-state index contributed by atoms with van der Waals surface area (Å²) in [4.78, 5) is 12.2. The molecule has 0 spiro atoms. The highest BCUT2D eigenvalue weighted by Gasteiger charge is 2.28. The minimum Gasteiger partial charge on any atom is -0.457 e. The number of hydrogen-bond donors (Lipinski definition) is 2. The zero-order valence-corrected chi connectivity index (χ0v) is 15.7. The van der Waals surface area contributed by atoms with Crippen molar-refractivity contribution in [1.29, 1.82) is 0 Å². The predicted octanol–water partition coefficient (Wildman–Crippen LogP) is 4.46. The van der Waals surface area contributed by atoms with E-state index in [1.165, 1.54) is 0 Å². The van der Waals surface area contributed by atoms with Crippen LogP contribution in [0, 0.1) is 11.8 Å². The Morgan fingerprint density at radius 2 is 1.67 bits per heavy atom. The van der Waals surface area contributed by atoms with Crippen molar-refractivity contribution in [3.05, 3.63) is 53.0 Å². The van der Waals surface area contributed by atoms with E-state index in [2.05, 4.69) is 26.6 Å². The number of halogens is 2. The highest BCUT2D eigenvalue weighted by molar-refractivity contribution is 9.10. The van der Waals surface area contributed by atoms with Gasteiger partial charge in [-0.3, -0.25) is 4.79 Å². The van der Waals surface area contributed by atoms with Gasteiger partial charge in [0.2, 0.25) is 5.91 Å². The van der Waals surface area contributed by atoms with Gasteiger partial charge in [-0.15, -0.1) is 12.4 Å². The fraction of sp³-hybridized carbons (Fsp3) is 0.278. The number of carbonyl (C=O) groups excluding carboxylic acids is 1. The molecule has 1 fully saturated rings. The normalized spacial score (nSPS) is 14.9. The van der Waals surface area contributed by atoms with Gasteiger partial charge in [-0.1, -0.05) is 22.9 Å². The summed E-state index contributed by atoms with van der Waals surface area (Å²) >= 11 is 3.39. The quantitative estimate of drug-likeness (QED) is 0.764. The van der Waals surface area contributed by atoms with Crippen molar-refractivity contribution in [2.24, 2.45) is 11.8 Å². The third-order valence-electron chi connectivity index (χ3n) is 4.10. The van der Waals surface area contributed by atoms with Crippen molar-refractivity contribution in [1.82, 2.24) is 5.32 Å². The third-order valence-corrected chi connectivity index (χ3v) is 4.63. The molecule has 128 valence electrons. The summed E-state index contributed by atoms with van der Waals surface area (Å²) in [6, 6.07) is 15.1. The maximum Gasteiger partial charge on any atom is 0.227 e. The maximum absolute atomic E-state index is 12.2. The Morgan fingerprint density at radius 1 is 1.12 bits per heavy atom. The van der Waals surface area contributed by atoms with Gasteiger partial charge in [-0.2, -0.15) is 0 Å². The molecule has 0 aromatic heterocycles. The van der Waals surface area contributed by atoms with Crippen LogP contribution in [0.15, 0.2) is 53.0 Å². The molecule has 1 unspecified atom stereocenters. The molecular formula is C18H20BrClN2O2. The smallest absolute Gasteiger partial charge is 0.227 e. The molecule has 0 bridgehead atoms. The lowest BCUT2D eigenvalue weighted by molar-refractivity contribution is -0.121. The SMILES string of the molecule is CC(C(=O)Nc1ccc(Oc2ccc(Br)cc2)cc1)C1CNC1.Cl. The van der Waals surface area contributed by atoms with E-state index in [0.717, 1.165) is 34.7 Å². The number of rotatable bonds is 5. The van der Waals surface area contributed by atoms with Crippen molar-refractivity contribution < 1.29 is 9.53 Å². The van der Waals surface area contributed by atoms with Crippen LogP contribution in [-0.2, 0) is 4.79 Å². The molecule has 24 heavy (non-hydrogen) atoms. The number of hydrogen-bond acceptors (Lipinski definition) is 3. The van der Waals surface area contributed by atoms with Crippen LogP contribution in [0.5, 0.6) is 11.5 Å². The van der Waals surface area contributed by atoms with E-state index in [0.29, 0.717) is 5.92 Å². The molecule has 2 aromatic carbocycles. The van der Waals surface area contributed by atoms with Crippen molar-refractivity contribution >= 4 is 39.9 Å². The highest BCUT2D eigenvalue weighted by Crippen LogP contribution is 2.25. The van der Waals surface area contributed by atoms with E-state index in [4.69, 9.17) is 4.74 Å². The summed E-state index contributed by atoms with van der Waals surface area (Å²) in [6.07, 6.45) is 0. The Labute approximate surface area is 156 Å². The van der Waals surface area contributed by atoms with Crippen LogP contribution in [0.3, 0.4) is 0 Å². The standard InChI is InChI=1S/C18H19BrN2O2.ClH/c1-12(13-10-20-11-13)18(22)21-15-4-8-17(9-5-15)23-16-6-2-14(19)3-7-16;/h2-9,12-13,20H,10-11H2,1H3,(H,21,22);1H. The Morgan fingerprint density at radius 3 is 2.17 bits per heavy atom. The number of ether oxygens (including phenoxy) is 1. The van der Waals surface area contributed by atoms with E-state index >= 15 is 0 Å². The Balaban J connectivity index is 0.00000208. The van der Waals surface area contributed by atoms with Gasteiger partial charge in [0.05, 0.1) is 0 Å². The van der Waals surface area contributed by atoms with Gasteiger partial charge in [0, 0.05) is 16.1 Å². The molecule has 0 aliphatic carbocycles. The summed E-state index contributed by atoms with van der Waals surface area (Å²) in [7, 11) is 0. The maximum atomic E-state index is 12.2. The first kappa shape index (κ1) is 18.8. The highest BCUT2D eigenvalue weighted by atomic mass is 79.9. The van der Waals surface area contributed by atoms with E-state index in [1.807, 2.05) is 55.5 Å².